The number of benzene rings is 1. The molecule has 0 aliphatic carbocycles. The Morgan fingerprint density at radius 3 is 2.44 bits per heavy atom. The van der Waals surface area contributed by atoms with Gasteiger partial charge >= 0.3 is 29.6 Å². The van der Waals surface area contributed by atoms with Gasteiger partial charge in [-0.15, -0.1) is 0 Å². The van der Waals surface area contributed by atoms with Gasteiger partial charge in [-0.25, -0.2) is 13.1 Å². The molecular formula is C10H9N2NaO4S. The second-order valence-electron chi connectivity index (χ2n) is 3.40. The molecule has 0 aliphatic heterocycles. The van der Waals surface area contributed by atoms with Gasteiger partial charge in [-0.2, -0.15) is 5.10 Å². The van der Waals surface area contributed by atoms with Crippen LogP contribution in [0.15, 0.2) is 42.7 Å². The smallest absolute Gasteiger partial charge is 0.746 e. The first-order chi connectivity index (χ1) is 7.98. The molecule has 0 aliphatic rings. The third-order valence-corrected chi connectivity index (χ3v) is 3.00. The number of hydrogen-bond acceptors (Lipinski definition) is 5. The van der Waals surface area contributed by atoms with Crippen LogP contribution < -0.4 is 29.6 Å². The Kier molecular flexibility index (Phi) is 5.09. The first-order valence-corrected chi connectivity index (χ1v) is 6.18. The van der Waals surface area contributed by atoms with Crippen LogP contribution >= 0.6 is 0 Å². The fourth-order valence-corrected chi connectivity index (χ4v) is 1.81. The third kappa shape index (κ3) is 3.41. The van der Waals surface area contributed by atoms with Crippen LogP contribution in [0.2, 0.25) is 0 Å². The largest absolute Gasteiger partial charge is 1.00 e. The minimum Gasteiger partial charge on any atom is -0.746 e. The van der Waals surface area contributed by atoms with E-state index in [1.807, 2.05) is 6.07 Å². The number of aliphatic hydroxyl groups excluding tert-OH is 1. The topological polar surface area (TPSA) is 95.2 Å². The second kappa shape index (κ2) is 5.96. The van der Waals surface area contributed by atoms with Crippen molar-refractivity contribution in [1.82, 2.24) is 9.78 Å². The minimum atomic E-state index is -4.77. The van der Waals surface area contributed by atoms with E-state index in [1.165, 1.54) is 10.9 Å². The molecule has 0 bridgehead atoms. The predicted molar refractivity (Wildman–Crippen MR) is 58.2 cm³/mol. The number of aliphatic hydroxyl groups is 1. The molecule has 2 aromatic rings. The van der Waals surface area contributed by atoms with Gasteiger partial charge in [-0.05, 0) is 12.1 Å². The molecule has 1 heterocycles. The molecule has 8 heteroatoms. The second-order valence-corrected chi connectivity index (χ2v) is 4.83. The minimum absolute atomic E-state index is 0. The Balaban J connectivity index is 0.00000162. The van der Waals surface area contributed by atoms with Crippen molar-refractivity contribution in [3.63, 3.8) is 0 Å². The summed E-state index contributed by atoms with van der Waals surface area (Å²) in [5.41, 5.74) is -1.43. The molecule has 0 saturated carbocycles. The van der Waals surface area contributed by atoms with Crippen molar-refractivity contribution in [2.24, 2.45) is 0 Å². The molecule has 0 saturated heterocycles. The van der Waals surface area contributed by atoms with Gasteiger partial charge in [0.15, 0.2) is 5.44 Å². The van der Waals surface area contributed by atoms with Gasteiger partial charge in [0.05, 0.1) is 11.9 Å². The van der Waals surface area contributed by atoms with Crippen LogP contribution in [0.25, 0.3) is 5.69 Å². The summed E-state index contributed by atoms with van der Waals surface area (Å²) < 4.78 is 33.3. The summed E-state index contributed by atoms with van der Waals surface area (Å²) in [6, 6.07) is 8.92. The fraction of sp³-hybridized carbons (Fsp3) is 0.100. The molecule has 1 aromatic carbocycles. The molecule has 0 fully saturated rings. The van der Waals surface area contributed by atoms with E-state index >= 15 is 0 Å². The Hall–Kier alpha value is -0.700. The zero-order valence-corrected chi connectivity index (χ0v) is 12.4. The number of rotatable bonds is 3. The number of hydrogen-bond donors (Lipinski definition) is 1. The number of para-hydroxylation sites is 1. The van der Waals surface area contributed by atoms with Crippen molar-refractivity contribution in [3.8, 4) is 5.69 Å². The van der Waals surface area contributed by atoms with Crippen LogP contribution in [0.5, 0.6) is 0 Å². The van der Waals surface area contributed by atoms with Gasteiger partial charge in [0.2, 0.25) is 0 Å². The molecular weight excluding hydrogens is 267 g/mol. The molecule has 18 heavy (non-hydrogen) atoms. The van der Waals surface area contributed by atoms with E-state index in [0.29, 0.717) is 5.69 Å². The van der Waals surface area contributed by atoms with Crippen LogP contribution in [0.1, 0.15) is 11.0 Å². The predicted octanol–water partition coefficient (Wildman–Crippen LogP) is -2.59. The van der Waals surface area contributed by atoms with Crippen LogP contribution in [-0.4, -0.2) is 27.9 Å². The summed E-state index contributed by atoms with van der Waals surface area (Å²) in [6.45, 7) is 0. The molecule has 2 rings (SSSR count). The molecule has 90 valence electrons. The van der Waals surface area contributed by atoms with Gasteiger partial charge in [-0.1, -0.05) is 18.2 Å². The van der Waals surface area contributed by atoms with Gasteiger partial charge in [0, 0.05) is 11.8 Å². The first-order valence-electron chi connectivity index (χ1n) is 4.71. The maximum atomic E-state index is 10.6. The molecule has 0 spiro atoms. The standard InChI is InChI=1S/C10H10N2O4S.Na/c13-10(17(14,15)16)8-6-11-12(7-8)9-4-2-1-3-5-9;/h1-7,10,13H,(H,14,15,16);/q;+1/p-1. The van der Waals surface area contributed by atoms with E-state index in [1.54, 1.807) is 24.3 Å². The van der Waals surface area contributed by atoms with Crippen LogP contribution in [-0.2, 0) is 10.1 Å². The monoisotopic (exact) mass is 276 g/mol. The maximum Gasteiger partial charge on any atom is 1.00 e. The van der Waals surface area contributed by atoms with Crippen molar-refractivity contribution in [3.05, 3.63) is 48.3 Å². The van der Waals surface area contributed by atoms with Gasteiger partial charge < -0.3 is 9.66 Å². The Morgan fingerprint density at radius 1 is 1.28 bits per heavy atom. The summed E-state index contributed by atoms with van der Waals surface area (Å²) in [7, 11) is -4.77. The van der Waals surface area contributed by atoms with Crippen molar-refractivity contribution in [1.29, 1.82) is 0 Å². The molecule has 1 unspecified atom stereocenters. The summed E-state index contributed by atoms with van der Waals surface area (Å²) in [6.07, 6.45) is 2.45. The zero-order valence-electron chi connectivity index (χ0n) is 9.59. The fourth-order valence-electron chi connectivity index (χ4n) is 1.35. The Morgan fingerprint density at radius 2 is 1.89 bits per heavy atom. The normalized spacial score (nSPS) is 12.8. The average molecular weight is 276 g/mol. The molecule has 1 atom stereocenters. The van der Waals surface area contributed by atoms with Crippen LogP contribution in [0.4, 0.5) is 0 Å². The Labute approximate surface area is 126 Å². The van der Waals surface area contributed by atoms with Crippen molar-refractivity contribution in [2.45, 2.75) is 5.44 Å². The molecule has 1 aromatic heterocycles. The van der Waals surface area contributed by atoms with E-state index in [2.05, 4.69) is 5.10 Å². The van der Waals surface area contributed by atoms with Gasteiger partial charge in [0.25, 0.3) is 0 Å². The quantitative estimate of drug-likeness (QED) is 0.490. The average Bonchev–Trinajstić information content (AvgIpc) is 2.77. The first kappa shape index (κ1) is 15.4. The van der Waals surface area contributed by atoms with Crippen LogP contribution in [0.3, 0.4) is 0 Å². The van der Waals surface area contributed by atoms with E-state index in [0.717, 1.165) is 6.20 Å². The molecule has 6 nitrogen and oxygen atoms in total. The third-order valence-electron chi connectivity index (χ3n) is 2.18. The summed E-state index contributed by atoms with van der Waals surface area (Å²) >= 11 is 0. The number of aromatic nitrogens is 2. The van der Waals surface area contributed by atoms with Crippen molar-refractivity contribution in [2.75, 3.05) is 0 Å². The zero-order chi connectivity index (χ0) is 12.5. The maximum absolute atomic E-state index is 10.6. The summed E-state index contributed by atoms with van der Waals surface area (Å²) in [5, 5.41) is 13.1. The number of nitrogens with zero attached hydrogens (tertiary/aromatic N) is 2. The van der Waals surface area contributed by atoms with E-state index < -0.39 is 15.6 Å². The van der Waals surface area contributed by atoms with Crippen LogP contribution in [0, 0.1) is 0 Å². The molecule has 0 amide bonds. The Bertz CT molecular complexity index is 612. The molecule has 1 N–H and O–H groups in total. The molecule has 0 radical (unpaired) electrons. The summed E-state index contributed by atoms with van der Waals surface area (Å²) in [4.78, 5) is 0. The summed E-state index contributed by atoms with van der Waals surface area (Å²) in [5.74, 6) is 0. The van der Waals surface area contributed by atoms with E-state index in [4.69, 9.17) is 0 Å². The van der Waals surface area contributed by atoms with E-state index in [-0.39, 0.29) is 35.1 Å². The van der Waals surface area contributed by atoms with Gasteiger partial charge in [-0.3, -0.25) is 0 Å². The van der Waals surface area contributed by atoms with E-state index in [9.17, 15) is 18.1 Å². The van der Waals surface area contributed by atoms with Crippen molar-refractivity contribution < 1.29 is 47.6 Å². The van der Waals surface area contributed by atoms with Gasteiger partial charge in [0.1, 0.15) is 10.1 Å². The SMILES string of the molecule is O=S(=O)([O-])C(O)c1cnn(-c2ccccc2)c1.[Na+]. The van der Waals surface area contributed by atoms with Crippen molar-refractivity contribution >= 4 is 10.1 Å².